The number of rotatable bonds is 5. The zero-order valence-electron chi connectivity index (χ0n) is 9.70. The van der Waals surface area contributed by atoms with Gasteiger partial charge >= 0.3 is 0 Å². The van der Waals surface area contributed by atoms with E-state index in [1.54, 1.807) is 0 Å². The van der Waals surface area contributed by atoms with E-state index < -0.39 is 10.8 Å². The van der Waals surface area contributed by atoms with Crippen LogP contribution in [0.5, 0.6) is 0 Å². The van der Waals surface area contributed by atoms with E-state index in [0.717, 1.165) is 15.8 Å². The first-order valence-electron chi connectivity index (χ1n) is 5.29. The van der Waals surface area contributed by atoms with E-state index >= 15 is 0 Å². The van der Waals surface area contributed by atoms with Crippen LogP contribution < -0.4 is 5.73 Å². The highest BCUT2D eigenvalue weighted by Gasteiger charge is 2.17. The van der Waals surface area contributed by atoms with E-state index in [0.29, 0.717) is 12.3 Å². The first-order valence-corrected chi connectivity index (χ1v) is 7.40. The van der Waals surface area contributed by atoms with E-state index in [4.69, 9.17) is 5.73 Å². The maximum absolute atomic E-state index is 12.0. The van der Waals surface area contributed by atoms with Crippen molar-refractivity contribution in [2.45, 2.75) is 25.2 Å². The molecule has 0 amide bonds. The Kier molecular flexibility index (Phi) is 5.15. The second kappa shape index (κ2) is 5.94. The molecule has 16 heavy (non-hydrogen) atoms. The van der Waals surface area contributed by atoms with Gasteiger partial charge in [-0.05, 0) is 36.6 Å². The summed E-state index contributed by atoms with van der Waals surface area (Å²) in [7, 11) is -0.927. The van der Waals surface area contributed by atoms with Crippen molar-refractivity contribution in [3.05, 3.63) is 28.7 Å². The van der Waals surface area contributed by atoms with Gasteiger partial charge in [0.15, 0.2) is 0 Å². The summed E-state index contributed by atoms with van der Waals surface area (Å²) in [6.45, 7) is 4.83. The molecular weight excluding hydrogens is 286 g/mol. The Morgan fingerprint density at radius 3 is 2.69 bits per heavy atom. The van der Waals surface area contributed by atoms with Gasteiger partial charge in [0.2, 0.25) is 0 Å². The van der Waals surface area contributed by atoms with Gasteiger partial charge in [0.05, 0.1) is 10.8 Å². The minimum Gasteiger partial charge on any atom is -0.330 e. The van der Waals surface area contributed by atoms with E-state index in [1.807, 2.05) is 24.3 Å². The molecule has 4 heteroatoms. The molecule has 90 valence electrons. The molecule has 2 N–H and O–H groups in total. The molecule has 0 aromatic heterocycles. The van der Waals surface area contributed by atoms with Gasteiger partial charge < -0.3 is 5.73 Å². The van der Waals surface area contributed by atoms with Gasteiger partial charge in [-0.2, -0.15) is 0 Å². The van der Waals surface area contributed by atoms with Crippen LogP contribution in [0, 0.1) is 5.41 Å². The van der Waals surface area contributed by atoms with Crippen molar-refractivity contribution in [3.8, 4) is 0 Å². The second-order valence-corrected chi connectivity index (χ2v) is 7.11. The summed E-state index contributed by atoms with van der Waals surface area (Å²) in [5.41, 5.74) is 5.72. The number of hydrogen-bond donors (Lipinski definition) is 1. The van der Waals surface area contributed by atoms with E-state index in [9.17, 15) is 4.21 Å². The number of hydrogen-bond acceptors (Lipinski definition) is 2. The monoisotopic (exact) mass is 303 g/mol. The van der Waals surface area contributed by atoms with Gasteiger partial charge in [-0.3, -0.25) is 4.21 Å². The van der Waals surface area contributed by atoms with Gasteiger partial charge in [-0.25, -0.2) is 0 Å². The fraction of sp³-hybridized carbons (Fsp3) is 0.500. The van der Waals surface area contributed by atoms with Crippen molar-refractivity contribution in [1.29, 1.82) is 0 Å². The molecule has 1 unspecified atom stereocenters. The van der Waals surface area contributed by atoms with Crippen LogP contribution in [-0.4, -0.2) is 16.5 Å². The second-order valence-electron chi connectivity index (χ2n) is 4.63. The number of benzene rings is 1. The fourth-order valence-corrected chi connectivity index (χ4v) is 3.21. The molecule has 1 aromatic carbocycles. The molecule has 0 spiro atoms. The molecule has 0 saturated heterocycles. The Morgan fingerprint density at radius 2 is 2.12 bits per heavy atom. The van der Waals surface area contributed by atoms with Crippen LogP contribution in [0.25, 0.3) is 0 Å². The van der Waals surface area contributed by atoms with Gasteiger partial charge in [0.1, 0.15) is 0 Å². The molecule has 0 bridgehead atoms. The molecule has 1 aromatic rings. The molecule has 0 saturated carbocycles. The summed E-state index contributed by atoms with van der Waals surface area (Å²) >= 11 is 3.38. The first kappa shape index (κ1) is 13.9. The Bertz CT molecular complexity index is 379. The van der Waals surface area contributed by atoms with Crippen LogP contribution in [0.2, 0.25) is 0 Å². The minimum atomic E-state index is -0.927. The molecule has 2 nitrogen and oxygen atoms in total. The lowest BCUT2D eigenvalue weighted by atomic mass is 9.91. The summed E-state index contributed by atoms with van der Waals surface area (Å²) in [6, 6.07) is 7.65. The Morgan fingerprint density at radius 1 is 1.44 bits per heavy atom. The molecule has 1 rings (SSSR count). The Balaban J connectivity index is 2.60. The van der Waals surface area contributed by atoms with Crippen LogP contribution in [0.3, 0.4) is 0 Å². The van der Waals surface area contributed by atoms with Crippen molar-refractivity contribution in [2.75, 3.05) is 12.3 Å². The Hall–Kier alpha value is -0.190. The fourth-order valence-electron chi connectivity index (χ4n) is 1.20. The van der Waals surface area contributed by atoms with Crippen LogP contribution in [-0.2, 0) is 10.8 Å². The average molecular weight is 304 g/mol. The minimum absolute atomic E-state index is 0.0711. The third-order valence-electron chi connectivity index (χ3n) is 2.58. The van der Waals surface area contributed by atoms with Crippen molar-refractivity contribution < 1.29 is 4.21 Å². The summed E-state index contributed by atoms with van der Waals surface area (Å²) in [4.78, 5) is 0.877. The highest BCUT2D eigenvalue weighted by molar-refractivity contribution is 9.10. The summed E-state index contributed by atoms with van der Waals surface area (Å²) < 4.78 is 13.0. The quantitative estimate of drug-likeness (QED) is 0.909. The molecule has 0 radical (unpaired) electrons. The lowest BCUT2D eigenvalue weighted by Gasteiger charge is -2.21. The van der Waals surface area contributed by atoms with Gasteiger partial charge in [0.25, 0.3) is 0 Å². The van der Waals surface area contributed by atoms with Crippen molar-refractivity contribution in [1.82, 2.24) is 0 Å². The largest absolute Gasteiger partial charge is 0.330 e. The SMILES string of the molecule is CC(C)(CN)CCS(=O)c1cccc(Br)c1. The smallest absolute Gasteiger partial charge is 0.0530 e. The summed E-state index contributed by atoms with van der Waals surface area (Å²) in [5, 5.41) is 0. The average Bonchev–Trinajstić information content (AvgIpc) is 2.26. The number of nitrogens with two attached hydrogens (primary N) is 1. The van der Waals surface area contributed by atoms with Gasteiger partial charge in [-0.1, -0.05) is 35.8 Å². The van der Waals surface area contributed by atoms with E-state index in [-0.39, 0.29) is 5.41 Å². The molecule has 0 heterocycles. The zero-order chi connectivity index (χ0) is 12.2. The molecule has 0 aliphatic rings. The zero-order valence-corrected chi connectivity index (χ0v) is 12.1. The van der Waals surface area contributed by atoms with Crippen LogP contribution in [0.4, 0.5) is 0 Å². The van der Waals surface area contributed by atoms with Crippen molar-refractivity contribution in [3.63, 3.8) is 0 Å². The van der Waals surface area contributed by atoms with E-state index in [2.05, 4.69) is 29.8 Å². The van der Waals surface area contributed by atoms with Crippen LogP contribution in [0.15, 0.2) is 33.6 Å². The maximum Gasteiger partial charge on any atom is 0.0530 e. The molecule has 0 fully saturated rings. The predicted octanol–water partition coefficient (Wildman–Crippen LogP) is 2.93. The van der Waals surface area contributed by atoms with Crippen molar-refractivity contribution in [2.24, 2.45) is 11.1 Å². The first-order chi connectivity index (χ1) is 7.44. The predicted molar refractivity (Wildman–Crippen MR) is 72.9 cm³/mol. The maximum atomic E-state index is 12.0. The standard InChI is InChI=1S/C12H18BrNOS/c1-12(2,9-14)6-7-16(15)11-5-3-4-10(13)8-11/h3-5,8H,6-7,9,14H2,1-2H3. The lowest BCUT2D eigenvalue weighted by Crippen LogP contribution is -2.25. The number of halogens is 1. The lowest BCUT2D eigenvalue weighted by molar-refractivity contribution is 0.367. The van der Waals surface area contributed by atoms with E-state index in [1.165, 1.54) is 0 Å². The van der Waals surface area contributed by atoms with Crippen LogP contribution in [0.1, 0.15) is 20.3 Å². The molecule has 0 aliphatic heterocycles. The third-order valence-corrected chi connectivity index (χ3v) is 4.42. The normalized spacial score (nSPS) is 13.8. The topological polar surface area (TPSA) is 43.1 Å². The van der Waals surface area contributed by atoms with Crippen LogP contribution >= 0.6 is 15.9 Å². The van der Waals surface area contributed by atoms with Gasteiger partial charge in [-0.15, -0.1) is 0 Å². The Labute approximate surface area is 108 Å². The highest BCUT2D eigenvalue weighted by Crippen LogP contribution is 2.21. The summed E-state index contributed by atoms with van der Waals surface area (Å²) in [5.74, 6) is 0.667. The van der Waals surface area contributed by atoms with Gasteiger partial charge in [0, 0.05) is 15.1 Å². The molecular formula is C12H18BrNOS. The van der Waals surface area contributed by atoms with Crippen molar-refractivity contribution >= 4 is 26.7 Å². The summed E-state index contributed by atoms with van der Waals surface area (Å²) in [6.07, 6.45) is 0.878. The molecule has 1 atom stereocenters. The third kappa shape index (κ3) is 4.36. The molecule has 0 aliphatic carbocycles. The highest BCUT2D eigenvalue weighted by atomic mass is 79.9.